The fraction of sp³-hybridized carbons (Fsp3) is 0.833. The molecular formula is C18H40N3O5P. The number of carbonyl (C=O) groups excluding carboxylic acids is 1. The van der Waals surface area contributed by atoms with Crippen LogP contribution < -0.4 is 0 Å². The molecule has 1 aromatic heterocycles. The summed E-state index contributed by atoms with van der Waals surface area (Å²) >= 11 is 0. The van der Waals surface area contributed by atoms with Gasteiger partial charge < -0.3 is 23.5 Å². The number of aryl methyl sites for hydroxylation is 1. The molecule has 0 aliphatic heterocycles. The number of hydrogen-bond donors (Lipinski definition) is 1. The second kappa shape index (κ2) is 25.1. The third-order valence-electron chi connectivity index (χ3n) is 2.58. The van der Waals surface area contributed by atoms with E-state index in [2.05, 4.69) is 17.2 Å². The zero-order valence-corrected chi connectivity index (χ0v) is 19.2. The number of carbonyl (C=O) groups is 1. The van der Waals surface area contributed by atoms with Crippen LogP contribution in [0.25, 0.3) is 0 Å². The molecule has 8 nitrogen and oxygen atoms in total. The Balaban J connectivity index is -0.000000869. The van der Waals surface area contributed by atoms with Crippen LogP contribution in [0, 0.1) is 0 Å². The zero-order valence-electron chi connectivity index (χ0n) is 18.3. The molecule has 0 spiro atoms. The van der Waals surface area contributed by atoms with Crippen LogP contribution in [0.4, 0.5) is 0 Å². The Bertz CT molecular complexity index is 402. The van der Waals surface area contributed by atoms with E-state index in [9.17, 15) is 4.79 Å². The first kappa shape index (κ1) is 30.8. The standard InChI is InChI=1S/C13H24N3O4P.2C2H6.CH4O/c1-4-7-8-16-10-12(14-15-16)9-13(11-17)20-21(18-5-2)19-6-3;3*1-2/h10-11,13H,4-9H2,1-3H3;2*1-2H3;2H,1H3. The third kappa shape index (κ3) is 16.9. The summed E-state index contributed by atoms with van der Waals surface area (Å²) in [6.45, 7) is 15.6. The average molecular weight is 410 g/mol. The van der Waals surface area contributed by atoms with Crippen molar-refractivity contribution in [3.8, 4) is 0 Å². The van der Waals surface area contributed by atoms with E-state index >= 15 is 0 Å². The van der Waals surface area contributed by atoms with Crippen molar-refractivity contribution in [1.82, 2.24) is 15.0 Å². The molecule has 0 aliphatic rings. The van der Waals surface area contributed by atoms with Gasteiger partial charge in [-0.25, -0.2) is 0 Å². The van der Waals surface area contributed by atoms with Crippen molar-refractivity contribution in [3.05, 3.63) is 11.9 Å². The summed E-state index contributed by atoms with van der Waals surface area (Å²) in [6.07, 6.45) is 4.48. The Kier molecular flexibility index (Phi) is 28.6. The molecule has 1 heterocycles. The summed E-state index contributed by atoms with van der Waals surface area (Å²) in [7, 11) is -0.491. The highest BCUT2D eigenvalue weighted by Gasteiger charge is 2.20. The Labute approximate surface area is 166 Å². The zero-order chi connectivity index (χ0) is 21.5. The van der Waals surface area contributed by atoms with Crippen molar-refractivity contribution in [2.75, 3.05) is 20.3 Å². The molecule has 9 heteroatoms. The van der Waals surface area contributed by atoms with Gasteiger partial charge in [0.25, 0.3) is 0 Å². The normalized spacial score (nSPS) is 10.6. The molecule has 1 aromatic rings. The van der Waals surface area contributed by atoms with Crippen LogP contribution in [-0.4, -0.2) is 52.8 Å². The Morgan fingerprint density at radius 2 is 1.70 bits per heavy atom. The number of unbranched alkanes of at least 4 members (excludes halogenated alkanes) is 1. The van der Waals surface area contributed by atoms with Crippen molar-refractivity contribution in [1.29, 1.82) is 0 Å². The van der Waals surface area contributed by atoms with Gasteiger partial charge in [0.1, 0.15) is 12.4 Å². The Morgan fingerprint density at radius 1 is 1.15 bits per heavy atom. The lowest BCUT2D eigenvalue weighted by atomic mass is 10.2. The maximum atomic E-state index is 11.2. The van der Waals surface area contributed by atoms with Crippen LogP contribution in [0.5, 0.6) is 0 Å². The summed E-state index contributed by atoms with van der Waals surface area (Å²) in [5.41, 5.74) is 0.728. The maximum absolute atomic E-state index is 11.2. The highest BCUT2D eigenvalue weighted by Crippen LogP contribution is 2.40. The van der Waals surface area contributed by atoms with Crippen LogP contribution in [0.2, 0.25) is 0 Å². The lowest BCUT2D eigenvalue weighted by Gasteiger charge is -2.18. The van der Waals surface area contributed by atoms with E-state index in [4.69, 9.17) is 18.7 Å². The highest BCUT2D eigenvalue weighted by atomic mass is 31.2. The maximum Gasteiger partial charge on any atom is 0.333 e. The van der Waals surface area contributed by atoms with Crippen molar-refractivity contribution >= 4 is 14.9 Å². The van der Waals surface area contributed by atoms with Gasteiger partial charge in [-0.1, -0.05) is 46.3 Å². The Morgan fingerprint density at radius 3 is 2.15 bits per heavy atom. The summed E-state index contributed by atoms with van der Waals surface area (Å²) in [5, 5.41) is 15.1. The summed E-state index contributed by atoms with van der Waals surface area (Å²) < 4.78 is 18.0. The number of rotatable bonds is 12. The Hall–Kier alpha value is -0.920. The fourth-order valence-corrected chi connectivity index (χ4v) is 2.56. The summed E-state index contributed by atoms with van der Waals surface area (Å²) in [6, 6.07) is 0. The number of hydrogen-bond acceptors (Lipinski definition) is 7. The van der Waals surface area contributed by atoms with Crippen LogP contribution in [-0.2, 0) is 31.3 Å². The largest absolute Gasteiger partial charge is 0.400 e. The van der Waals surface area contributed by atoms with Crippen molar-refractivity contribution in [2.24, 2.45) is 0 Å². The van der Waals surface area contributed by atoms with Gasteiger partial charge in [-0.05, 0) is 20.3 Å². The predicted molar refractivity (Wildman–Crippen MR) is 111 cm³/mol. The molecule has 0 aliphatic carbocycles. The van der Waals surface area contributed by atoms with Crippen LogP contribution in [0.3, 0.4) is 0 Å². The molecule has 1 rings (SSSR count). The molecule has 0 fully saturated rings. The first-order valence-corrected chi connectivity index (χ1v) is 10.8. The first-order valence-electron chi connectivity index (χ1n) is 9.75. The number of aromatic nitrogens is 3. The minimum absolute atomic E-state index is 0.370. The number of aliphatic hydroxyl groups is 1. The second-order valence-electron chi connectivity index (χ2n) is 4.37. The molecule has 0 amide bonds. The van der Waals surface area contributed by atoms with E-state index in [0.29, 0.717) is 19.6 Å². The van der Waals surface area contributed by atoms with Gasteiger partial charge >= 0.3 is 8.60 Å². The van der Waals surface area contributed by atoms with Crippen LogP contribution >= 0.6 is 8.60 Å². The molecule has 1 N–H and O–H groups in total. The van der Waals surface area contributed by atoms with Gasteiger partial charge in [0.15, 0.2) is 0 Å². The van der Waals surface area contributed by atoms with E-state index in [-0.39, 0.29) is 0 Å². The number of aldehydes is 1. The van der Waals surface area contributed by atoms with E-state index in [0.717, 1.165) is 38.5 Å². The lowest BCUT2D eigenvalue weighted by molar-refractivity contribution is -0.114. The monoisotopic (exact) mass is 409 g/mol. The molecule has 0 saturated carbocycles. The van der Waals surface area contributed by atoms with Crippen LogP contribution in [0.15, 0.2) is 6.20 Å². The van der Waals surface area contributed by atoms with Gasteiger partial charge in [-0.15, -0.1) is 5.10 Å². The van der Waals surface area contributed by atoms with Gasteiger partial charge in [0.2, 0.25) is 0 Å². The smallest absolute Gasteiger partial charge is 0.333 e. The summed E-state index contributed by atoms with van der Waals surface area (Å²) in [5.74, 6) is 0. The molecule has 1 unspecified atom stereocenters. The van der Waals surface area contributed by atoms with Crippen LogP contribution in [0.1, 0.15) is 67.0 Å². The first-order chi connectivity index (χ1) is 13.2. The molecule has 0 radical (unpaired) electrons. The van der Waals surface area contributed by atoms with Gasteiger partial charge in [-0.3, -0.25) is 4.68 Å². The van der Waals surface area contributed by atoms with E-state index in [1.807, 2.05) is 47.7 Å². The summed E-state index contributed by atoms with van der Waals surface area (Å²) in [4.78, 5) is 11.2. The number of aliphatic hydroxyl groups excluding tert-OH is 1. The highest BCUT2D eigenvalue weighted by molar-refractivity contribution is 7.41. The molecule has 1 atom stereocenters. The van der Waals surface area contributed by atoms with E-state index in [1.165, 1.54) is 0 Å². The van der Waals surface area contributed by atoms with Gasteiger partial charge in [-0.2, -0.15) is 0 Å². The molecule has 0 bridgehead atoms. The van der Waals surface area contributed by atoms with E-state index in [1.54, 1.807) is 4.68 Å². The minimum atomic E-state index is -1.49. The minimum Gasteiger partial charge on any atom is -0.400 e. The van der Waals surface area contributed by atoms with Crippen molar-refractivity contribution in [3.63, 3.8) is 0 Å². The van der Waals surface area contributed by atoms with Crippen molar-refractivity contribution in [2.45, 2.75) is 80.4 Å². The third-order valence-corrected chi connectivity index (χ3v) is 3.96. The van der Waals surface area contributed by atoms with E-state index < -0.39 is 14.7 Å². The molecule has 0 aromatic carbocycles. The van der Waals surface area contributed by atoms with Crippen molar-refractivity contribution < 1.29 is 23.5 Å². The fourth-order valence-electron chi connectivity index (χ4n) is 1.60. The topological polar surface area (TPSA) is 95.7 Å². The van der Waals surface area contributed by atoms with Gasteiger partial charge in [0.05, 0.1) is 18.9 Å². The predicted octanol–water partition coefficient (Wildman–Crippen LogP) is 4.17. The molecule has 0 saturated heterocycles. The SMILES string of the molecule is CC.CC.CCCCn1cc(CC(C=O)OP(OCC)OCC)nn1.CO. The molecular weight excluding hydrogens is 369 g/mol. The quantitative estimate of drug-likeness (QED) is 0.409. The molecule has 162 valence electrons. The lowest BCUT2D eigenvalue weighted by Crippen LogP contribution is -2.17. The number of nitrogens with zero attached hydrogens (tertiary/aromatic N) is 3. The average Bonchev–Trinajstić information content (AvgIpc) is 3.18. The van der Waals surface area contributed by atoms with Gasteiger partial charge in [0, 0.05) is 26.3 Å². The molecule has 27 heavy (non-hydrogen) atoms. The second-order valence-corrected chi connectivity index (χ2v) is 5.54.